The van der Waals surface area contributed by atoms with Gasteiger partial charge in [-0.15, -0.1) is 0 Å². The second-order valence-electron chi connectivity index (χ2n) is 5.94. The van der Waals surface area contributed by atoms with Gasteiger partial charge in [-0.25, -0.2) is 4.98 Å². The number of carboxylic acid groups (broad SMARTS) is 1. The first-order valence-corrected chi connectivity index (χ1v) is 9.57. The zero-order valence-corrected chi connectivity index (χ0v) is 16.7. The molecule has 0 radical (unpaired) electrons. The Balaban J connectivity index is 1.73. The SMILES string of the molecule is O=C(O)CCCOc1cc(C=Cc2ccc3ccc(Br)cc3n2)ccc1Cl. The molecule has 0 amide bonds. The van der Waals surface area contributed by atoms with E-state index < -0.39 is 5.97 Å². The molecule has 0 fully saturated rings. The molecule has 6 heteroatoms. The number of pyridine rings is 1. The zero-order valence-electron chi connectivity index (χ0n) is 14.4. The van der Waals surface area contributed by atoms with Crippen molar-refractivity contribution in [2.45, 2.75) is 12.8 Å². The standard InChI is InChI=1S/C21H17BrClNO3/c22-16-7-5-15-6-9-17(24-19(15)13-16)8-3-14-4-10-18(23)20(12-14)27-11-1-2-21(25)26/h3-10,12-13H,1-2,11H2,(H,25,26). The quantitative estimate of drug-likeness (QED) is 0.448. The Hall–Kier alpha value is -2.37. The highest BCUT2D eigenvalue weighted by molar-refractivity contribution is 9.10. The Morgan fingerprint density at radius 2 is 1.96 bits per heavy atom. The normalized spacial score (nSPS) is 11.2. The van der Waals surface area contributed by atoms with Crippen molar-refractivity contribution in [3.05, 3.63) is 69.3 Å². The molecule has 0 spiro atoms. The summed E-state index contributed by atoms with van der Waals surface area (Å²) in [4.78, 5) is 15.2. The Morgan fingerprint density at radius 1 is 1.15 bits per heavy atom. The number of aromatic nitrogens is 1. The summed E-state index contributed by atoms with van der Waals surface area (Å²) in [5.41, 5.74) is 2.69. The van der Waals surface area contributed by atoms with Crippen LogP contribution < -0.4 is 4.74 Å². The highest BCUT2D eigenvalue weighted by Crippen LogP contribution is 2.27. The first-order chi connectivity index (χ1) is 13.0. The fraction of sp³-hybridized carbons (Fsp3) is 0.143. The molecular weight excluding hydrogens is 430 g/mol. The number of carbonyl (C=O) groups is 1. The molecule has 0 aliphatic rings. The monoisotopic (exact) mass is 445 g/mol. The molecule has 0 saturated carbocycles. The van der Waals surface area contributed by atoms with Crippen LogP contribution in [0.3, 0.4) is 0 Å². The second kappa shape index (κ2) is 9.02. The number of halogens is 2. The summed E-state index contributed by atoms with van der Waals surface area (Å²) in [5.74, 6) is -0.295. The van der Waals surface area contributed by atoms with Gasteiger partial charge in [0, 0.05) is 16.3 Å². The molecule has 0 atom stereocenters. The third-order valence-electron chi connectivity index (χ3n) is 3.87. The lowest BCUT2D eigenvalue weighted by molar-refractivity contribution is -0.137. The first-order valence-electron chi connectivity index (χ1n) is 8.40. The molecule has 27 heavy (non-hydrogen) atoms. The minimum Gasteiger partial charge on any atom is -0.492 e. The predicted molar refractivity (Wildman–Crippen MR) is 112 cm³/mol. The molecule has 3 rings (SSSR count). The number of fused-ring (bicyclic) bond motifs is 1. The maximum Gasteiger partial charge on any atom is 0.303 e. The van der Waals surface area contributed by atoms with E-state index in [1.165, 1.54) is 0 Å². The topological polar surface area (TPSA) is 59.4 Å². The summed E-state index contributed by atoms with van der Waals surface area (Å²) in [6.45, 7) is 0.306. The van der Waals surface area contributed by atoms with Crippen LogP contribution in [0.25, 0.3) is 23.1 Å². The van der Waals surface area contributed by atoms with E-state index in [0.29, 0.717) is 23.8 Å². The fourth-order valence-electron chi connectivity index (χ4n) is 2.52. The molecule has 0 saturated heterocycles. The molecule has 4 nitrogen and oxygen atoms in total. The Labute approximate surface area is 170 Å². The number of carboxylic acids is 1. The van der Waals surface area contributed by atoms with Crippen molar-refractivity contribution in [3.63, 3.8) is 0 Å². The lowest BCUT2D eigenvalue weighted by atomic mass is 10.1. The van der Waals surface area contributed by atoms with Gasteiger partial charge in [-0.2, -0.15) is 0 Å². The summed E-state index contributed by atoms with van der Waals surface area (Å²) in [7, 11) is 0. The number of ether oxygens (including phenoxy) is 1. The molecule has 1 N–H and O–H groups in total. The molecule has 2 aromatic carbocycles. The van der Waals surface area contributed by atoms with Gasteiger partial charge in [0.1, 0.15) is 5.75 Å². The van der Waals surface area contributed by atoms with Crippen molar-refractivity contribution in [2.75, 3.05) is 6.61 Å². The molecule has 0 aliphatic heterocycles. The summed E-state index contributed by atoms with van der Waals surface area (Å²) in [5, 5.41) is 10.2. The van der Waals surface area contributed by atoms with Crippen LogP contribution in [0.1, 0.15) is 24.1 Å². The smallest absolute Gasteiger partial charge is 0.303 e. The minimum atomic E-state index is -0.837. The largest absolute Gasteiger partial charge is 0.492 e. The number of benzene rings is 2. The number of aliphatic carboxylic acids is 1. The fourth-order valence-corrected chi connectivity index (χ4v) is 3.04. The van der Waals surface area contributed by atoms with Crippen LogP contribution in [0, 0.1) is 0 Å². The third-order valence-corrected chi connectivity index (χ3v) is 4.68. The van der Waals surface area contributed by atoms with E-state index in [9.17, 15) is 4.79 Å². The molecule has 3 aromatic rings. The first kappa shape index (κ1) is 19.4. The van der Waals surface area contributed by atoms with Crippen LogP contribution in [0.5, 0.6) is 5.75 Å². The highest BCUT2D eigenvalue weighted by atomic mass is 79.9. The number of rotatable bonds is 7. The van der Waals surface area contributed by atoms with Gasteiger partial charge in [0.25, 0.3) is 0 Å². The highest BCUT2D eigenvalue weighted by Gasteiger charge is 2.04. The Morgan fingerprint density at radius 3 is 2.78 bits per heavy atom. The van der Waals surface area contributed by atoms with E-state index >= 15 is 0 Å². The minimum absolute atomic E-state index is 0.0704. The molecule has 0 bridgehead atoms. The Kier molecular flexibility index (Phi) is 6.48. The number of nitrogens with zero attached hydrogens (tertiary/aromatic N) is 1. The van der Waals surface area contributed by atoms with E-state index in [1.807, 2.05) is 54.6 Å². The van der Waals surface area contributed by atoms with Gasteiger partial charge >= 0.3 is 5.97 Å². The van der Waals surface area contributed by atoms with E-state index in [1.54, 1.807) is 6.07 Å². The van der Waals surface area contributed by atoms with Gasteiger partial charge in [-0.3, -0.25) is 4.79 Å². The number of hydrogen-bond donors (Lipinski definition) is 1. The van der Waals surface area contributed by atoms with Crippen LogP contribution >= 0.6 is 27.5 Å². The van der Waals surface area contributed by atoms with Crippen LogP contribution in [0.4, 0.5) is 0 Å². The van der Waals surface area contributed by atoms with E-state index in [2.05, 4.69) is 20.9 Å². The van der Waals surface area contributed by atoms with Crippen molar-refractivity contribution in [1.82, 2.24) is 4.98 Å². The van der Waals surface area contributed by atoms with Gasteiger partial charge < -0.3 is 9.84 Å². The summed E-state index contributed by atoms with van der Waals surface area (Å²) in [6, 6.07) is 15.5. The molecule has 0 aliphatic carbocycles. The summed E-state index contributed by atoms with van der Waals surface area (Å²) < 4.78 is 6.59. The van der Waals surface area contributed by atoms with Crippen molar-refractivity contribution in [1.29, 1.82) is 0 Å². The van der Waals surface area contributed by atoms with E-state index in [0.717, 1.165) is 26.6 Å². The Bertz CT molecular complexity index is 1000. The second-order valence-corrected chi connectivity index (χ2v) is 7.26. The van der Waals surface area contributed by atoms with Crippen molar-refractivity contribution < 1.29 is 14.6 Å². The van der Waals surface area contributed by atoms with Crippen molar-refractivity contribution in [3.8, 4) is 5.75 Å². The van der Waals surface area contributed by atoms with Crippen LogP contribution in [-0.4, -0.2) is 22.7 Å². The predicted octanol–water partition coefficient (Wildman–Crippen LogP) is 6.06. The lowest BCUT2D eigenvalue weighted by Crippen LogP contribution is -2.02. The van der Waals surface area contributed by atoms with Crippen LogP contribution in [-0.2, 0) is 4.79 Å². The maximum atomic E-state index is 10.6. The maximum absolute atomic E-state index is 10.6. The molecule has 1 aromatic heterocycles. The molecule has 0 unspecified atom stereocenters. The van der Waals surface area contributed by atoms with Gasteiger partial charge in [-0.05, 0) is 48.4 Å². The summed E-state index contributed by atoms with van der Waals surface area (Å²) >= 11 is 9.62. The van der Waals surface area contributed by atoms with Gasteiger partial charge in [0.2, 0.25) is 0 Å². The van der Waals surface area contributed by atoms with E-state index in [-0.39, 0.29) is 6.42 Å². The van der Waals surface area contributed by atoms with Crippen molar-refractivity contribution in [2.24, 2.45) is 0 Å². The van der Waals surface area contributed by atoms with Gasteiger partial charge in [0.15, 0.2) is 0 Å². The van der Waals surface area contributed by atoms with Gasteiger partial charge in [-0.1, -0.05) is 51.8 Å². The zero-order chi connectivity index (χ0) is 19.2. The van der Waals surface area contributed by atoms with Gasteiger partial charge in [0.05, 0.1) is 22.8 Å². The summed E-state index contributed by atoms with van der Waals surface area (Å²) in [6.07, 6.45) is 4.37. The van der Waals surface area contributed by atoms with Crippen LogP contribution in [0.2, 0.25) is 5.02 Å². The molecule has 138 valence electrons. The number of hydrogen-bond acceptors (Lipinski definition) is 3. The average Bonchev–Trinajstić information content (AvgIpc) is 2.64. The van der Waals surface area contributed by atoms with E-state index in [4.69, 9.17) is 21.4 Å². The van der Waals surface area contributed by atoms with Crippen LogP contribution in [0.15, 0.2) is 53.0 Å². The lowest BCUT2D eigenvalue weighted by Gasteiger charge is -2.08. The van der Waals surface area contributed by atoms with Crippen molar-refractivity contribution >= 4 is 56.6 Å². The third kappa shape index (κ3) is 5.55. The molecule has 1 heterocycles. The molecular formula is C21H17BrClNO3. The average molecular weight is 447 g/mol.